The van der Waals surface area contributed by atoms with Crippen molar-refractivity contribution < 1.29 is 16.8 Å². The highest BCUT2D eigenvalue weighted by molar-refractivity contribution is 7.91. The first kappa shape index (κ1) is 36.1. The largest absolute Gasteiger partial charge is 0.324 e. The van der Waals surface area contributed by atoms with Crippen LogP contribution < -0.4 is 10.9 Å². The number of nitrogens with zero attached hydrogens (tertiary/aromatic N) is 6. The van der Waals surface area contributed by atoms with E-state index < -0.39 is 19.9 Å². The first-order chi connectivity index (χ1) is 23.7. The normalized spacial score (nSPS) is 18.3. The van der Waals surface area contributed by atoms with Gasteiger partial charge in [0.2, 0.25) is 16.0 Å². The summed E-state index contributed by atoms with van der Waals surface area (Å²) in [7, 11) is -1.34. The molecule has 0 spiro atoms. The summed E-state index contributed by atoms with van der Waals surface area (Å²) in [6.45, 7) is 4.93. The predicted octanol–water partition coefficient (Wildman–Crippen LogP) is 3.94. The fourth-order valence-electron chi connectivity index (χ4n) is 7.05. The molecular weight excluding hydrogens is 675 g/mol. The van der Waals surface area contributed by atoms with Crippen LogP contribution in [0.1, 0.15) is 36.4 Å². The van der Waals surface area contributed by atoms with Crippen LogP contribution in [-0.4, -0.2) is 111 Å². The summed E-state index contributed by atoms with van der Waals surface area (Å²) in [5, 5.41) is 3.86. The zero-order valence-corrected chi connectivity index (χ0v) is 31.1. The van der Waals surface area contributed by atoms with Crippen LogP contribution >= 0.6 is 0 Å². The van der Waals surface area contributed by atoms with E-state index in [1.54, 1.807) is 35.0 Å². The predicted molar refractivity (Wildman–Crippen MR) is 198 cm³/mol. The van der Waals surface area contributed by atoms with E-state index >= 15 is 0 Å². The minimum atomic E-state index is -3.75. The van der Waals surface area contributed by atoms with Crippen LogP contribution in [-0.2, 0) is 26.3 Å². The summed E-state index contributed by atoms with van der Waals surface area (Å²) < 4.78 is 55.0. The van der Waals surface area contributed by atoms with Gasteiger partial charge in [0, 0.05) is 60.6 Å². The minimum Gasteiger partial charge on any atom is -0.324 e. The number of hydrogen-bond acceptors (Lipinski definition) is 10. The Morgan fingerprint density at radius 2 is 1.66 bits per heavy atom. The lowest BCUT2D eigenvalue weighted by Gasteiger charge is -2.32. The molecule has 2 aromatic heterocycles. The van der Waals surface area contributed by atoms with Crippen LogP contribution in [0.3, 0.4) is 0 Å². The summed E-state index contributed by atoms with van der Waals surface area (Å²) in [6, 6.07) is 14.7. The quantitative estimate of drug-likeness (QED) is 0.243. The third-order valence-corrected chi connectivity index (χ3v) is 12.9. The van der Waals surface area contributed by atoms with Crippen LogP contribution in [0.5, 0.6) is 0 Å². The maximum atomic E-state index is 14.6. The number of anilines is 2. The third-order valence-electron chi connectivity index (χ3n) is 9.82. The highest BCUT2D eigenvalue weighted by atomic mass is 32.2. The molecule has 0 amide bonds. The lowest BCUT2D eigenvalue weighted by Crippen LogP contribution is -2.40. The maximum absolute atomic E-state index is 14.6. The van der Waals surface area contributed by atoms with Crippen molar-refractivity contribution in [2.75, 3.05) is 71.2 Å². The second-order valence-electron chi connectivity index (χ2n) is 14.2. The van der Waals surface area contributed by atoms with Crippen LogP contribution in [0.15, 0.2) is 64.4 Å². The number of rotatable bonds is 11. The van der Waals surface area contributed by atoms with Gasteiger partial charge in [-0.25, -0.2) is 26.1 Å². The van der Waals surface area contributed by atoms with E-state index in [1.807, 2.05) is 38.1 Å². The molecule has 50 heavy (non-hydrogen) atoms. The summed E-state index contributed by atoms with van der Waals surface area (Å²) >= 11 is 0. The lowest BCUT2D eigenvalue weighted by atomic mass is 9.98. The van der Waals surface area contributed by atoms with Crippen molar-refractivity contribution >= 4 is 42.5 Å². The Hall–Kier alpha value is -3.69. The van der Waals surface area contributed by atoms with Crippen molar-refractivity contribution in [2.45, 2.75) is 43.5 Å². The van der Waals surface area contributed by atoms with Crippen molar-refractivity contribution in [2.24, 2.45) is 5.92 Å². The second kappa shape index (κ2) is 14.5. The number of aryl methyl sites for hydroxylation is 1. The molecule has 6 rings (SSSR count). The van der Waals surface area contributed by atoms with Crippen LogP contribution in [0.2, 0.25) is 0 Å². The van der Waals surface area contributed by atoms with Gasteiger partial charge in [0.1, 0.15) is 5.65 Å². The number of fused-ring (bicyclic) bond motifs is 1. The van der Waals surface area contributed by atoms with Gasteiger partial charge in [0.25, 0.3) is 5.56 Å². The molecule has 0 bridgehead atoms. The summed E-state index contributed by atoms with van der Waals surface area (Å²) in [5.41, 5.74) is 3.45. The van der Waals surface area contributed by atoms with E-state index in [4.69, 9.17) is 4.98 Å². The molecule has 2 saturated heterocycles. The number of pyridine rings is 1. The van der Waals surface area contributed by atoms with Crippen LogP contribution in [0.4, 0.5) is 11.6 Å². The first-order valence-electron chi connectivity index (χ1n) is 17.1. The van der Waals surface area contributed by atoms with Crippen molar-refractivity contribution in [3.63, 3.8) is 0 Å². The molecule has 2 aromatic carbocycles. The molecule has 4 heterocycles. The standard InChI is InChI=1S/C36H47N7O5S2/c1-25-6-11-31(33(20-25)50(47,48)19-18-40(2)3)32-22-28-23-37-36(38-29-9-7-26(8-10-29)21-27-12-15-41(4)24-27)39-34(28)43(35(32)44)30-13-16-42(17-14-30)49(5,45)46/h6-11,20,22-23,27,30H,12-19,21,24H2,1-5H3,(H,37,38,39). The Kier molecular flexibility index (Phi) is 10.5. The van der Waals surface area contributed by atoms with Gasteiger partial charge in [-0.05, 0) is 102 Å². The molecule has 2 aliphatic heterocycles. The topological polar surface area (TPSA) is 138 Å². The molecule has 0 aliphatic carbocycles. The van der Waals surface area contributed by atoms with Crippen molar-refractivity contribution in [1.82, 2.24) is 28.6 Å². The smallest absolute Gasteiger partial charge is 0.260 e. The van der Waals surface area contributed by atoms with E-state index in [9.17, 15) is 21.6 Å². The molecular formula is C36H47N7O5S2. The third kappa shape index (κ3) is 8.10. The van der Waals surface area contributed by atoms with Gasteiger partial charge in [-0.3, -0.25) is 9.36 Å². The minimum absolute atomic E-state index is 0.0980. The Labute approximate surface area is 295 Å². The Balaban J connectivity index is 1.40. The highest BCUT2D eigenvalue weighted by Crippen LogP contribution is 2.32. The highest BCUT2D eigenvalue weighted by Gasteiger charge is 2.30. The summed E-state index contributed by atoms with van der Waals surface area (Å²) in [6.07, 6.45) is 5.88. The second-order valence-corrected chi connectivity index (χ2v) is 18.2. The van der Waals surface area contributed by atoms with Gasteiger partial charge in [0.15, 0.2) is 9.84 Å². The number of likely N-dealkylation sites (tertiary alicyclic amines) is 1. The molecule has 12 nitrogen and oxygen atoms in total. The van der Waals surface area contributed by atoms with Crippen molar-refractivity contribution in [3.05, 3.63) is 76.2 Å². The Morgan fingerprint density at radius 1 is 0.940 bits per heavy atom. The maximum Gasteiger partial charge on any atom is 0.260 e. The van der Waals surface area contributed by atoms with Gasteiger partial charge < -0.3 is 15.1 Å². The zero-order valence-electron chi connectivity index (χ0n) is 29.5. The van der Waals surface area contributed by atoms with Gasteiger partial charge in [-0.1, -0.05) is 24.3 Å². The number of aromatic nitrogens is 3. The van der Waals surface area contributed by atoms with E-state index in [-0.39, 0.29) is 40.9 Å². The van der Waals surface area contributed by atoms with Crippen LogP contribution in [0, 0.1) is 12.8 Å². The molecule has 0 saturated carbocycles. The average Bonchev–Trinajstić information content (AvgIpc) is 3.48. The Morgan fingerprint density at radius 3 is 2.30 bits per heavy atom. The molecule has 2 aliphatic rings. The summed E-state index contributed by atoms with van der Waals surface area (Å²) in [5.74, 6) is 0.876. The molecule has 0 radical (unpaired) electrons. The molecule has 1 unspecified atom stereocenters. The van der Waals surface area contributed by atoms with E-state index in [2.05, 4.69) is 34.4 Å². The van der Waals surface area contributed by atoms with Gasteiger partial charge in [-0.15, -0.1) is 0 Å². The van der Waals surface area contributed by atoms with Crippen LogP contribution in [0.25, 0.3) is 22.2 Å². The molecule has 1 N–H and O–H groups in total. The molecule has 14 heteroatoms. The van der Waals surface area contributed by atoms with Crippen molar-refractivity contribution in [1.29, 1.82) is 0 Å². The van der Waals surface area contributed by atoms with Gasteiger partial charge in [-0.2, -0.15) is 4.98 Å². The Bertz CT molecular complexity index is 2140. The number of nitrogens with one attached hydrogen (secondary N) is 1. The van der Waals surface area contributed by atoms with Crippen molar-refractivity contribution in [3.8, 4) is 11.1 Å². The number of piperidine rings is 1. The first-order valence-corrected chi connectivity index (χ1v) is 20.6. The monoisotopic (exact) mass is 721 g/mol. The lowest BCUT2D eigenvalue weighted by molar-refractivity contribution is 0.275. The van der Waals surface area contributed by atoms with Gasteiger partial charge >= 0.3 is 0 Å². The molecule has 1 atom stereocenters. The molecule has 4 aromatic rings. The zero-order chi connectivity index (χ0) is 35.8. The number of sulfonamides is 1. The van der Waals surface area contributed by atoms with E-state index in [0.29, 0.717) is 47.8 Å². The van der Waals surface area contributed by atoms with E-state index in [0.717, 1.165) is 30.8 Å². The number of hydrogen-bond donors (Lipinski definition) is 1. The van der Waals surface area contributed by atoms with Gasteiger partial charge in [0.05, 0.1) is 16.9 Å². The fourth-order valence-corrected chi connectivity index (χ4v) is 9.62. The number of sulfone groups is 1. The summed E-state index contributed by atoms with van der Waals surface area (Å²) in [4.78, 5) is 28.3. The average molecular weight is 722 g/mol. The van der Waals surface area contributed by atoms with E-state index in [1.165, 1.54) is 22.5 Å². The fraction of sp³-hybridized carbons (Fsp3) is 0.472. The molecule has 268 valence electrons. The molecule has 2 fully saturated rings. The SMILES string of the molecule is Cc1ccc(-c2cc3cnc(Nc4ccc(CC5CCN(C)C5)cc4)nc3n(C3CCN(S(C)(=O)=O)CC3)c2=O)c(S(=O)(=O)CCN(C)C)c1. The number of benzene rings is 2.